The van der Waals surface area contributed by atoms with E-state index in [0.717, 1.165) is 32.2 Å². The molecule has 0 aliphatic heterocycles. The van der Waals surface area contributed by atoms with E-state index in [0.29, 0.717) is 11.7 Å². The number of nitrogens with one attached hydrogen (secondary N) is 1. The third-order valence-electron chi connectivity index (χ3n) is 4.11. The van der Waals surface area contributed by atoms with Crippen LogP contribution in [0.15, 0.2) is 23.1 Å². The Kier molecular flexibility index (Phi) is 6.12. The fourth-order valence-electron chi connectivity index (χ4n) is 2.66. The van der Waals surface area contributed by atoms with Gasteiger partial charge in [0.2, 0.25) is 5.91 Å². The quantitative estimate of drug-likeness (QED) is 0.822. The van der Waals surface area contributed by atoms with Crippen LogP contribution in [0.5, 0.6) is 0 Å². The zero-order chi connectivity index (χ0) is 15.2. The molecule has 3 nitrogen and oxygen atoms in total. The Morgan fingerprint density at radius 1 is 1.29 bits per heavy atom. The van der Waals surface area contributed by atoms with E-state index < -0.39 is 0 Å². The summed E-state index contributed by atoms with van der Waals surface area (Å²) in [7, 11) is 0. The van der Waals surface area contributed by atoms with E-state index in [4.69, 9.17) is 0 Å². The first kappa shape index (κ1) is 16.4. The second kappa shape index (κ2) is 7.85. The minimum absolute atomic E-state index is 0.104. The van der Waals surface area contributed by atoms with Gasteiger partial charge in [0, 0.05) is 11.4 Å². The molecule has 1 aromatic rings. The van der Waals surface area contributed by atoms with E-state index in [1.807, 2.05) is 0 Å². The molecule has 2 rings (SSSR count). The lowest BCUT2D eigenvalue weighted by Crippen LogP contribution is -2.33. The number of aryl methyl sites for hydroxylation is 2. The second-order valence-corrected chi connectivity index (χ2v) is 7.05. The molecule has 2 N–H and O–H groups in total. The maximum atomic E-state index is 11.9. The van der Waals surface area contributed by atoms with Gasteiger partial charge in [0.1, 0.15) is 0 Å². The molecule has 1 fully saturated rings. The summed E-state index contributed by atoms with van der Waals surface area (Å²) in [6, 6.07) is 6.33. The largest absolute Gasteiger partial charge is 0.393 e. The molecule has 1 aromatic carbocycles. The molecule has 116 valence electrons. The summed E-state index contributed by atoms with van der Waals surface area (Å²) in [4.78, 5) is 13.1. The molecule has 0 atom stereocenters. The van der Waals surface area contributed by atoms with Crippen molar-refractivity contribution < 1.29 is 9.90 Å². The summed E-state index contributed by atoms with van der Waals surface area (Å²) in [5.41, 5.74) is 2.45. The number of carbonyl (C=O) groups excluding carboxylic acids is 1. The summed E-state index contributed by atoms with van der Waals surface area (Å²) in [6.07, 6.45) is 3.66. The molecule has 0 spiro atoms. The van der Waals surface area contributed by atoms with Gasteiger partial charge in [0.15, 0.2) is 0 Å². The number of aliphatic hydroxyl groups excluding tert-OH is 1. The van der Waals surface area contributed by atoms with Gasteiger partial charge in [-0.05, 0) is 57.1 Å². The van der Waals surface area contributed by atoms with Crippen LogP contribution >= 0.6 is 11.8 Å². The molecule has 0 unspecified atom stereocenters. The maximum Gasteiger partial charge on any atom is 0.230 e. The Morgan fingerprint density at radius 3 is 2.71 bits per heavy atom. The summed E-state index contributed by atoms with van der Waals surface area (Å²) >= 11 is 1.60. The standard InChI is InChI=1S/C17H25NO2S/c1-12-3-4-13(2)16(9-12)21-11-17(20)18-10-14-5-7-15(19)8-6-14/h3-4,9,14-15,19H,5-8,10-11H2,1-2H3,(H,18,20). The zero-order valence-electron chi connectivity index (χ0n) is 12.9. The van der Waals surface area contributed by atoms with Gasteiger partial charge in [-0.2, -0.15) is 0 Å². The van der Waals surface area contributed by atoms with Crippen LogP contribution in [0.1, 0.15) is 36.8 Å². The number of carbonyl (C=O) groups is 1. The predicted octanol–water partition coefficient (Wildman–Crippen LogP) is 3.06. The Hall–Kier alpha value is -1.00. The number of thioether (sulfide) groups is 1. The van der Waals surface area contributed by atoms with Crippen molar-refractivity contribution in [2.75, 3.05) is 12.3 Å². The van der Waals surface area contributed by atoms with Gasteiger partial charge in [-0.25, -0.2) is 0 Å². The lowest BCUT2D eigenvalue weighted by Gasteiger charge is -2.25. The zero-order valence-corrected chi connectivity index (χ0v) is 13.7. The molecule has 1 aliphatic carbocycles. The molecule has 1 aliphatic rings. The summed E-state index contributed by atoms with van der Waals surface area (Å²) in [5, 5.41) is 12.5. The average molecular weight is 307 g/mol. The second-order valence-electron chi connectivity index (χ2n) is 6.04. The Bertz CT molecular complexity index is 482. The van der Waals surface area contributed by atoms with Crippen molar-refractivity contribution in [2.24, 2.45) is 5.92 Å². The topological polar surface area (TPSA) is 49.3 Å². The molecule has 4 heteroatoms. The molecule has 0 aromatic heterocycles. The molecule has 1 amide bonds. The van der Waals surface area contributed by atoms with Crippen molar-refractivity contribution in [3.63, 3.8) is 0 Å². The highest BCUT2D eigenvalue weighted by Gasteiger charge is 2.19. The van der Waals surface area contributed by atoms with Crippen LogP contribution in [0, 0.1) is 19.8 Å². The van der Waals surface area contributed by atoms with Gasteiger partial charge in [-0.3, -0.25) is 4.79 Å². The first-order valence-corrected chi connectivity index (χ1v) is 8.68. The Morgan fingerprint density at radius 2 is 2.00 bits per heavy atom. The van der Waals surface area contributed by atoms with Crippen LogP contribution < -0.4 is 5.32 Å². The van der Waals surface area contributed by atoms with Crippen LogP contribution in [-0.4, -0.2) is 29.4 Å². The molecular weight excluding hydrogens is 282 g/mol. The van der Waals surface area contributed by atoms with Crippen LogP contribution in [0.2, 0.25) is 0 Å². The highest BCUT2D eigenvalue weighted by atomic mass is 32.2. The summed E-state index contributed by atoms with van der Waals surface area (Å²) < 4.78 is 0. The minimum atomic E-state index is -0.128. The number of aliphatic hydroxyl groups is 1. The fourth-order valence-corrected chi connectivity index (χ4v) is 3.62. The Labute approximate surface area is 131 Å². The number of rotatable bonds is 5. The first-order chi connectivity index (χ1) is 10.0. The molecule has 1 saturated carbocycles. The maximum absolute atomic E-state index is 11.9. The van der Waals surface area contributed by atoms with Gasteiger partial charge < -0.3 is 10.4 Å². The smallest absolute Gasteiger partial charge is 0.230 e. The van der Waals surface area contributed by atoms with Crippen molar-refractivity contribution in [2.45, 2.75) is 50.5 Å². The van der Waals surface area contributed by atoms with Gasteiger partial charge in [-0.15, -0.1) is 11.8 Å². The number of benzene rings is 1. The van der Waals surface area contributed by atoms with E-state index in [9.17, 15) is 9.90 Å². The van der Waals surface area contributed by atoms with E-state index in [-0.39, 0.29) is 12.0 Å². The molecule has 21 heavy (non-hydrogen) atoms. The van der Waals surface area contributed by atoms with Gasteiger partial charge in [0.25, 0.3) is 0 Å². The minimum Gasteiger partial charge on any atom is -0.393 e. The van der Waals surface area contributed by atoms with Gasteiger partial charge >= 0.3 is 0 Å². The number of amides is 1. The normalized spacial score (nSPS) is 22.0. The summed E-state index contributed by atoms with van der Waals surface area (Å²) in [5.74, 6) is 1.11. The molecular formula is C17H25NO2S. The first-order valence-electron chi connectivity index (χ1n) is 7.69. The molecule has 0 saturated heterocycles. The lowest BCUT2D eigenvalue weighted by atomic mass is 9.87. The van der Waals surface area contributed by atoms with Crippen LogP contribution in [-0.2, 0) is 4.79 Å². The van der Waals surface area contributed by atoms with Crippen molar-refractivity contribution in [1.82, 2.24) is 5.32 Å². The van der Waals surface area contributed by atoms with E-state index in [1.54, 1.807) is 11.8 Å². The molecule has 0 bridgehead atoms. The van der Waals surface area contributed by atoms with Crippen LogP contribution in [0.3, 0.4) is 0 Å². The number of hydrogen-bond acceptors (Lipinski definition) is 3. The van der Waals surface area contributed by atoms with E-state index in [2.05, 4.69) is 37.4 Å². The third kappa shape index (κ3) is 5.36. The van der Waals surface area contributed by atoms with Crippen LogP contribution in [0.25, 0.3) is 0 Å². The van der Waals surface area contributed by atoms with E-state index >= 15 is 0 Å². The van der Waals surface area contributed by atoms with Gasteiger partial charge in [0.05, 0.1) is 11.9 Å². The molecule has 0 radical (unpaired) electrons. The van der Waals surface area contributed by atoms with Gasteiger partial charge in [-0.1, -0.05) is 17.7 Å². The van der Waals surface area contributed by atoms with Crippen LogP contribution in [0.4, 0.5) is 0 Å². The SMILES string of the molecule is Cc1ccc(C)c(SCC(=O)NCC2CCC(O)CC2)c1. The third-order valence-corrected chi connectivity index (χ3v) is 5.26. The number of hydrogen-bond donors (Lipinski definition) is 2. The highest BCUT2D eigenvalue weighted by Crippen LogP contribution is 2.24. The van der Waals surface area contributed by atoms with Crippen molar-refractivity contribution in [3.05, 3.63) is 29.3 Å². The van der Waals surface area contributed by atoms with Crippen molar-refractivity contribution >= 4 is 17.7 Å². The Balaban J connectivity index is 1.71. The monoisotopic (exact) mass is 307 g/mol. The lowest BCUT2D eigenvalue weighted by molar-refractivity contribution is -0.118. The fraction of sp³-hybridized carbons (Fsp3) is 0.588. The molecule has 0 heterocycles. The van der Waals surface area contributed by atoms with Crippen molar-refractivity contribution in [3.8, 4) is 0 Å². The van der Waals surface area contributed by atoms with E-state index in [1.165, 1.54) is 16.0 Å². The summed E-state index contributed by atoms with van der Waals surface area (Å²) in [6.45, 7) is 4.90. The average Bonchev–Trinajstić information content (AvgIpc) is 2.47. The van der Waals surface area contributed by atoms with Crippen molar-refractivity contribution in [1.29, 1.82) is 0 Å². The highest BCUT2D eigenvalue weighted by molar-refractivity contribution is 8.00. The predicted molar refractivity (Wildman–Crippen MR) is 87.6 cm³/mol.